The van der Waals surface area contributed by atoms with Crippen LogP contribution >= 0.6 is 0 Å². The number of fused-ring (bicyclic) bond motifs is 1. The molecule has 0 atom stereocenters. The highest BCUT2D eigenvalue weighted by atomic mass is 32.2. The van der Waals surface area contributed by atoms with E-state index in [1.807, 2.05) is 0 Å². The summed E-state index contributed by atoms with van der Waals surface area (Å²) in [7, 11) is -1.86. The van der Waals surface area contributed by atoms with Gasteiger partial charge in [-0.25, -0.2) is 13.4 Å². The molecule has 0 bridgehead atoms. The highest BCUT2D eigenvalue weighted by molar-refractivity contribution is 7.90. The minimum atomic E-state index is -3.49. The van der Waals surface area contributed by atoms with Crippen LogP contribution in [0.1, 0.15) is 12.8 Å². The van der Waals surface area contributed by atoms with Gasteiger partial charge in [-0.15, -0.1) is 0 Å². The molecule has 136 valence electrons. The van der Waals surface area contributed by atoms with Crippen LogP contribution in [0.25, 0.3) is 22.1 Å². The molecule has 1 aliphatic rings. The Bertz CT molecular complexity index is 1160. The maximum Gasteiger partial charge on any atom is 0.293 e. The summed E-state index contributed by atoms with van der Waals surface area (Å²) in [6.07, 6.45) is 7.92. The molecule has 4 rings (SSSR count). The SMILES string of the molecule is Cn1cc(-c2cc(S(C)(=O)=O)ncc2OCC2CC2)c2ccoc2c1=O. The zero-order chi connectivity index (χ0) is 18.5. The number of pyridine rings is 2. The minimum absolute atomic E-state index is 0.0447. The third kappa shape index (κ3) is 3.01. The molecule has 3 heterocycles. The second-order valence-corrected chi connectivity index (χ2v) is 8.63. The molecule has 3 aromatic rings. The third-order valence-electron chi connectivity index (χ3n) is 4.48. The number of rotatable bonds is 5. The Labute approximate surface area is 150 Å². The Morgan fingerprint density at radius 2 is 2.12 bits per heavy atom. The average molecular weight is 374 g/mol. The van der Waals surface area contributed by atoms with Gasteiger partial charge in [0, 0.05) is 36.0 Å². The monoisotopic (exact) mass is 374 g/mol. The Morgan fingerprint density at radius 3 is 2.81 bits per heavy atom. The standard InChI is InChI=1S/C18H18N2O5S/c1-20-9-14(12-5-6-24-17(12)18(20)21)13-7-16(26(2,22)23)19-8-15(13)25-10-11-3-4-11/h5-9,11H,3-4,10H2,1-2H3. The van der Waals surface area contributed by atoms with E-state index >= 15 is 0 Å². The number of aromatic nitrogens is 2. The number of sulfone groups is 1. The number of ether oxygens (including phenoxy) is 1. The van der Waals surface area contributed by atoms with E-state index in [0.717, 1.165) is 19.1 Å². The van der Waals surface area contributed by atoms with E-state index in [0.29, 0.717) is 34.8 Å². The molecular weight excluding hydrogens is 356 g/mol. The summed E-state index contributed by atoms with van der Waals surface area (Å²) in [6, 6.07) is 3.18. The molecule has 26 heavy (non-hydrogen) atoms. The second kappa shape index (κ2) is 5.98. The molecule has 0 saturated heterocycles. The lowest BCUT2D eigenvalue weighted by atomic mass is 10.0. The van der Waals surface area contributed by atoms with Crippen molar-refractivity contribution in [1.29, 1.82) is 0 Å². The number of aryl methyl sites for hydroxylation is 1. The molecule has 1 saturated carbocycles. The van der Waals surface area contributed by atoms with Gasteiger partial charge in [-0.2, -0.15) is 0 Å². The summed E-state index contributed by atoms with van der Waals surface area (Å²) in [5, 5.41) is 0.562. The first-order chi connectivity index (χ1) is 12.3. The van der Waals surface area contributed by atoms with Gasteiger partial charge in [0.15, 0.2) is 20.4 Å². The Morgan fingerprint density at radius 1 is 1.35 bits per heavy atom. The van der Waals surface area contributed by atoms with Crippen LogP contribution in [0.2, 0.25) is 0 Å². The molecule has 0 spiro atoms. The summed E-state index contributed by atoms with van der Waals surface area (Å²) in [5.41, 5.74) is 1.19. The number of hydrogen-bond donors (Lipinski definition) is 0. The van der Waals surface area contributed by atoms with Crippen molar-refractivity contribution in [2.24, 2.45) is 13.0 Å². The van der Waals surface area contributed by atoms with E-state index in [1.54, 1.807) is 19.3 Å². The van der Waals surface area contributed by atoms with Gasteiger partial charge in [0.05, 0.1) is 19.1 Å². The Balaban J connectivity index is 1.94. The maximum absolute atomic E-state index is 12.2. The molecule has 7 nitrogen and oxygen atoms in total. The molecule has 8 heteroatoms. The third-order valence-corrected chi connectivity index (χ3v) is 5.46. The van der Waals surface area contributed by atoms with E-state index in [4.69, 9.17) is 9.15 Å². The zero-order valence-electron chi connectivity index (χ0n) is 14.4. The summed E-state index contributed by atoms with van der Waals surface area (Å²) in [5.74, 6) is 1.02. The van der Waals surface area contributed by atoms with E-state index in [9.17, 15) is 13.2 Å². The van der Waals surface area contributed by atoms with Crippen molar-refractivity contribution < 1.29 is 17.6 Å². The van der Waals surface area contributed by atoms with E-state index in [1.165, 1.54) is 23.1 Å². The van der Waals surface area contributed by atoms with E-state index < -0.39 is 9.84 Å². The zero-order valence-corrected chi connectivity index (χ0v) is 15.2. The van der Waals surface area contributed by atoms with Crippen molar-refractivity contribution in [3.05, 3.63) is 41.1 Å². The van der Waals surface area contributed by atoms with Crippen LogP contribution in [0.4, 0.5) is 0 Å². The first-order valence-corrected chi connectivity index (χ1v) is 10.1. The molecule has 0 amide bonds. The van der Waals surface area contributed by atoms with Gasteiger partial charge in [0.1, 0.15) is 5.75 Å². The summed E-state index contributed by atoms with van der Waals surface area (Å²) in [4.78, 5) is 16.3. The van der Waals surface area contributed by atoms with E-state index in [-0.39, 0.29) is 16.2 Å². The molecule has 1 aliphatic carbocycles. The predicted octanol–water partition coefficient (Wildman–Crippen LogP) is 2.39. The van der Waals surface area contributed by atoms with Crippen molar-refractivity contribution in [1.82, 2.24) is 9.55 Å². The summed E-state index contributed by atoms with van der Waals surface area (Å²) in [6.45, 7) is 0.563. The molecule has 0 unspecified atom stereocenters. The lowest BCUT2D eigenvalue weighted by molar-refractivity contribution is 0.299. The van der Waals surface area contributed by atoms with Gasteiger partial charge in [-0.05, 0) is 30.9 Å². The predicted molar refractivity (Wildman–Crippen MR) is 96.0 cm³/mol. The number of furan rings is 1. The first kappa shape index (κ1) is 16.8. The van der Waals surface area contributed by atoms with Crippen LogP contribution in [-0.4, -0.2) is 30.8 Å². The molecule has 1 fully saturated rings. The van der Waals surface area contributed by atoms with Crippen LogP contribution in [0, 0.1) is 5.92 Å². The van der Waals surface area contributed by atoms with Crippen molar-refractivity contribution in [2.45, 2.75) is 17.9 Å². The topological polar surface area (TPSA) is 91.4 Å². The quantitative estimate of drug-likeness (QED) is 0.681. The average Bonchev–Trinajstić information content (AvgIpc) is 3.29. The van der Waals surface area contributed by atoms with Crippen LogP contribution in [-0.2, 0) is 16.9 Å². The first-order valence-electron chi connectivity index (χ1n) is 8.24. The Kier molecular flexibility index (Phi) is 3.87. The normalized spacial score (nSPS) is 14.7. The molecule has 0 aliphatic heterocycles. The molecule has 0 aromatic carbocycles. The molecule has 3 aromatic heterocycles. The second-order valence-electron chi connectivity index (χ2n) is 6.67. The minimum Gasteiger partial charge on any atom is -0.491 e. The highest BCUT2D eigenvalue weighted by Crippen LogP contribution is 2.37. The summed E-state index contributed by atoms with van der Waals surface area (Å²) >= 11 is 0. The number of hydrogen-bond acceptors (Lipinski definition) is 6. The van der Waals surface area contributed by atoms with Crippen LogP contribution in [0.5, 0.6) is 5.75 Å². The van der Waals surface area contributed by atoms with Gasteiger partial charge < -0.3 is 13.7 Å². The Hall–Kier alpha value is -2.61. The molecule has 0 radical (unpaired) electrons. The lowest BCUT2D eigenvalue weighted by Gasteiger charge is -2.14. The fraction of sp³-hybridized carbons (Fsp3) is 0.333. The van der Waals surface area contributed by atoms with Crippen LogP contribution < -0.4 is 10.3 Å². The lowest BCUT2D eigenvalue weighted by Crippen LogP contribution is -2.16. The van der Waals surface area contributed by atoms with Crippen molar-refractivity contribution in [2.75, 3.05) is 12.9 Å². The molecular formula is C18H18N2O5S. The van der Waals surface area contributed by atoms with Crippen molar-refractivity contribution in [3.8, 4) is 16.9 Å². The maximum atomic E-state index is 12.2. The van der Waals surface area contributed by atoms with Gasteiger partial charge in [-0.1, -0.05) is 0 Å². The smallest absolute Gasteiger partial charge is 0.293 e. The number of nitrogens with zero attached hydrogens (tertiary/aromatic N) is 2. The van der Waals surface area contributed by atoms with Gasteiger partial charge in [0.25, 0.3) is 5.56 Å². The van der Waals surface area contributed by atoms with Gasteiger partial charge >= 0.3 is 0 Å². The largest absolute Gasteiger partial charge is 0.491 e. The van der Waals surface area contributed by atoms with Crippen LogP contribution in [0.3, 0.4) is 0 Å². The van der Waals surface area contributed by atoms with E-state index in [2.05, 4.69) is 4.98 Å². The van der Waals surface area contributed by atoms with Crippen molar-refractivity contribution in [3.63, 3.8) is 0 Å². The van der Waals surface area contributed by atoms with Crippen LogP contribution in [0.15, 0.2) is 45.0 Å². The van der Waals surface area contributed by atoms with Gasteiger partial charge in [-0.3, -0.25) is 4.79 Å². The fourth-order valence-corrected chi connectivity index (χ4v) is 3.40. The molecule has 0 N–H and O–H groups in total. The highest BCUT2D eigenvalue weighted by Gasteiger charge is 2.24. The summed E-state index contributed by atoms with van der Waals surface area (Å²) < 4.78 is 36.6. The van der Waals surface area contributed by atoms with Crippen molar-refractivity contribution >= 4 is 20.8 Å². The fourth-order valence-electron chi connectivity index (χ4n) is 2.83. The van der Waals surface area contributed by atoms with Gasteiger partial charge in [0.2, 0.25) is 0 Å².